The first-order valence-electron chi connectivity index (χ1n) is 7.36. The Morgan fingerprint density at radius 1 is 1.31 bits per heavy atom. The molecule has 1 N–H and O–H groups in total. The lowest BCUT2D eigenvalue weighted by Crippen LogP contribution is -2.37. The third-order valence-electron chi connectivity index (χ3n) is 3.42. The Hall–Kier alpha value is -2.76. The van der Waals surface area contributed by atoms with Gasteiger partial charge in [-0.2, -0.15) is 5.26 Å². The number of halogens is 1. The molecular formula is C17H16ClN3O4S. The van der Waals surface area contributed by atoms with Gasteiger partial charge in [0.2, 0.25) is 15.9 Å². The van der Waals surface area contributed by atoms with Gasteiger partial charge in [-0.25, -0.2) is 8.42 Å². The van der Waals surface area contributed by atoms with E-state index in [1.54, 1.807) is 24.3 Å². The Balaban J connectivity index is 2.26. The minimum absolute atomic E-state index is 0.139. The largest absolute Gasteiger partial charge is 0.495 e. The number of carbonyl (C=O) groups excluding carboxylic acids is 1. The van der Waals surface area contributed by atoms with Crippen molar-refractivity contribution in [2.24, 2.45) is 0 Å². The standard InChI is InChI=1S/C17H16ClN3O4S/c1-25-16-8-7-13(9-14(16)18)20-17(22)11-21(26(2,23)24)15-6-4-3-5-12(15)10-19/h3-9H,11H2,1-2H3,(H,20,22). The van der Waals surface area contributed by atoms with E-state index in [0.717, 1.165) is 10.6 Å². The number of hydrogen-bond acceptors (Lipinski definition) is 5. The van der Waals surface area contributed by atoms with Gasteiger partial charge in [0.1, 0.15) is 18.4 Å². The molecule has 136 valence electrons. The van der Waals surface area contributed by atoms with Crippen molar-refractivity contribution in [3.63, 3.8) is 0 Å². The Morgan fingerprint density at radius 3 is 2.58 bits per heavy atom. The number of methoxy groups -OCH3 is 1. The van der Waals surface area contributed by atoms with Crippen LogP contribution < -0.4 is 14.4 Å². The summed E-state index contributed by atoms with van der Waals surface area (Å²) in [7, 11) is -2.31. The molecule has 0 spiro atoms. The molecule has 0 aliphatic carbocycles. The lowest BCUT2D eigenvalue weighted by Gasteiger charge is -2.22. The van der Waals surface area contributed by atoms with Gasteiger partial charge >= 0.3 is 0 Å². The van der Waals surface area contributed by atoms with Crippen molar-refractivity contribution in [1.82, 2.24) is 0 Å². The predicted molar refractivity (Wildman–Crippen MR) is 100.0 cm³/mol. The van der Waals surface area contributed by atoms with Gasteiger partial charge in [0, 0.05) is 5.69 Å². The van der Waals surface area contributed by atoms with Crippen molar-refractivity contribution in [3.8, 4) is 11.8 Å². The number of hydrogen-bond donors (Lipinski definition) is 1. The fourth-order valence-electron chi connectivity index (χ4n) is 2.24. The zero-order chi connectivity index (χ0) is 19.3. The van der Waals surface area contributed by atoms with Crippen molar-refractivity contribution >= 4 is 38.9 Å². The SMILES string of the molecule is COc1ccc(NC(=O)CN(c2ccccc2C#N)S(C)(=O)=O)cc1Cl. The second-order valence-electron chi connectivity index (χ2n) is 5.30. The molecule has 0 atom stereocenters. The molecule has 9 heteroatoms. The zero-order valence-electron chi connectivity index (χ0n) is 14.1. The molecule has 0 fully saturated rings. The third-order valence-corrected chi connectivity index (χ3v) is 4.84. The van der Waals surface area contributed by atoms with E-state index in [2.05, 4.69) is 5.32 Å². The summed E-state index contributed by atoms with van der Waals surface area (Å²) in [5, 5.41) is 12.1. The van der Waals surface area contributed by atoms with E-state index in [4.69, 9.17) is 16.3 Å². The number of rotatable bonds is 6. The van der Waals surface area contributed by atoms with Gasteiger partial charge in [-0.3, -0.25) is 9.10 Å². The molecule has 0 bridgehead atoms. The highest BCUT2D eigenvalue weighted by atomic mass is 35.5. The molecule has 2 rings (SSSR count). The van der Waals surface area contributed by atoms with Crippen LogP contribution in [0.15, 0.2) is 42.5 Å². The Bertz CT molecular complexity index is 970. The lowest BCUT2D eigenvalue weighted by molar-refractivity contribution is -0.114. The molecule has 0 saturated carbocycles. The summed E-state index contributed by atoms with van der Waals surface area (Å²) in [5.41, 5.74) is 0.682. The topological polar surface area (TPSA) is 99.5 Å². The summed E-state index contributed by atoms with van der Waals surface area (Å²) in [6.45, 7) is -0.485. The fourth-order valence-corrected chi connectivity index (χ4v) is 3.37. The molecule has 2 aromatic rings. The van der Waals surface area contributed by atoms with E-state index < -0.39 is 22.5 Å². The van der Waals surface area contributed by atoms with Crippen LogP contribution in [-0.2, 0) is 14.8 Å². The molecule has 2 aromatic carbocycles. The van der Waals surface area contributed by atoms with Crippen molar-refractivity contribution in [2.75, 3.05) is 29.5 Å². The van der Waals surface area contributed by atoms with E-state index in [-0.39, 0.29) is 11.3 Å². The van der Waals surface area contributed by atoms with Crippen molar-refractivity contribution < 1.29 is 17.9 Å². The second-order valence-corrected chi connectivity index (χ2v) is 7.61. The van der Waals surface area contributed by atoms with Gasteiger partial charge in [-0.1, -0.05) is 23.7 Å². The summed E-state index contributed by atoms with van der Waals surface area (Å²) >= 11 is 6.01. The van der Waals surface area contributed by atoms with E-state index in [1.165, 1.54) is 25.3 Å². The van der Waals surface area contributed by atoms with Gasteiger partial charge in [0.25, 0.3) is 0 Å². The molecule has 0 unspecified atom stereocenters. The molecule has 7 nitrogen and oxygen atoms in total. The van der Waals surface area contributed by atoms with Crippen LogP contribution in [0.2, 0.25) is 5.02 Å². The van der Waals surface area contributed by atoms with Crippen LogP contribution in [0.5, 0.6) is 5.75 Å². The quantitative estimate of drug-likeness (QED) is 0.813. The number of nitrogens with one attached hydrogen (secondary N) is 1. The van der Waals surface area contributed by atoms with Gasteiger partial charge in [0.15, 0.2) is 0 Å². The summed E-state index contributed by atoms with van der Waals surface area (Å²) in [6, 6.07) is 12.7. The first kappa shape index (κ1) is 19.6. The normalized spacial score (nSPS) is 10.7. The predicted octanol–water partition coefficient (Wildman–Crippen LogP) is 2.62. The van der Waals surface area contributed by atoms with Crippen LogP contribution in [0, 0.1) is 11.3 Å². The number of nitrogens with zero attached hydrogens (tertiary/aromatic N) is 2. The summed E-state index contributed by atoms with van der Waals surface area (Å²) < 4.78 is 30.2. The van der Waals surface area contributed by atoms with Gasteiger partial charge in [0.05, 0.1) is 29.6 Å². The van der Waals surface area contributed by atoms with Crippen molar-refractivity contribution in [3.05, 3.63) is 53.1 Å². The molecular weight excluding hydrogens is 378 g/mol. The van der Waals surface area contributed by atoms with Crippen LogP contribution in [0.25, 0.3) is 0 Å². The minimum Gasteiger partial charge on any atom is -0.495 e. The summed E-state index contributed by atoms with van der Waals surface area (Å²) in [5.74, 6) is -0.130. The zero-order valence-corrected chi connectivity index (χ0v) is 15.6. The van der Waals surface area contributed by atoms with Crippen LogP contribution >= 0.6 is 11.6 Å². The Morgan fingerprint density at radius 2 is 2.00 bits per heavy atom. The molecule has 0 aromatic heterocycles. The fraction of sp³-hybridized carbons (Fsp3) is 0.176. The maximum atomic E-state index is 12.3. The number of para-hydroxylation sites is 1. The highest BCUT2D eigenvalue weighted by Crippen LogP contribution is 2.27. The highest BCUT2D eigenvalue weighted by Gasteiger charge is 2.23. The maximum absolute atomic E-state index is 12.3. The molecule has 26 heavy (non-hydrogen) atoms. The highest BCUT2D eigenvalue weighted by molar-refractivity contribution is 7.92. The Labute approximate surface area is 156 Å². The van der Waals surface area contributed by atoms with E-state index in [1.807, 2.05) is 6.07 Å². The van der Waals surface area contributed by atoms with E-state index in [0.29, 0.717) is 16.5 Å². The number of sulfonamides is 1. The lowest BCUT2D eigenvalue weighted by atomic mass is 10.2. The second kappa shape index (κ2) is 8.08. The molecule has 0 radical (unpaired) electrons. The van der Waals surface area contributed by atoms with E-state index >= 15 is 0 Å². The average Bonchev–Trinajstić information content (AvgIpc) is 2.59. The molecule has 0 heterocycles. The summed E-state index contributed by atoms with van der Waals surface area (Å²) in [4.78, 5) is 12.3. The smallest absolute Gasteiger partial charge is 0.245 e. The number of nitriles is 1. The monoisotopic (exact) mass is 393 g/mol. The van der Waals surface area contributed by atoms with Crippen LogP contribution in [0.1, 0.15) is 5.56 Å². The molecule has 0 aliphatic heterocycles. The van der Waals surface area contributed by atoms with Crippen LogP contribution in [-0.4, -0.2) is 34.2 Å². The minimum atomic E-state index is -3.78. The van der Waals surface area contributed by atoms with Crippen molar-refractivity contribution in [2.45, 2.75) is 0 Å². The van der Waals surface area contributed by atoms with Crippen LogP contribution in [0.4, 0.5) is 11.4 Å². The summed E-state index contributed by atoms with van der Waals surface area (Å²) in [6.07, 6.45) is 0.971. The number of ether oxygens (including phenoxy) is 1. The average molecular weight is 394 g/mol. The van der Waals surface area contributed by atoms with E-state index in [9.17, 15) is 18.5 Å². The number of amides is 1. The molecule has 1 amide bonds. The number of anilines is 2. The molecule has 0 saturated heterocycles. The first-order chi connectivity index (χ1) is 12.3. The van der Waals surface area contributed by atoms with Crippen LogP contribution in [0.3, 0.4) is 0 Å². The maximum Gasteiger partial charge on any atom is 0.245 e. The van der Waals surface area contributed by atoms with Gasteiger partial charge in [-0.15, -0.1) is 0 Å². The van der Waals surface area contributed by atoms with Gasteiger partial charge < -0.3 is 10.1 Å². The van der Waals surface area contributed by atoms with Gasteiger partial charge in [-0.05, 0) is 30.3 Å². The number of carbonyl (C=O) groups is 1. The molecule has 0 aliphatic rings. The number of benzene rings is 2. The first-order valence-corrected chi connectivity index (χ1v) is 9.59. The third kappa shape index (κ3) is 4.65. The Kier molecular flexibility index (Phi) is 6.08. The van der Waals surface area contributed by atoms with Crippen molar-refractivity contribution in [1.29, 1.82) is 5.26 Å².